The average Bonchev–Trinajstić information content (AvgIpc) is 2.95. The molecule has 0 bridgehead atoms. The smallest absolute Gasteiger partial charge is 0.161 e. The molecule has 1 aliphatic heterocycles. The number of hydrogen-bond donors (Lipinski definition) is 1. The standard InChI is InChI=1S/C19H21N3O2/c1-13-7-8-15-16(9-13)21-19(20-15)11-22(2)10-14-12-23-17-5-3-4-6-18(17)24-14/h3-9,14H,10-12H2,1-2H3,(H,20,21)/t14-/m1/s1. The molecule has 0 fully saturated rings. The van der Waals surface area contributed by atoms with Crippen molar-refractivity contribution in [2.75, 3.05) is 20.2 Å². The number of aromatic nitrogens is 2. The van der Waals surface area contributed by atoms with Gasteiger partial charge in [0.25, 0.3) is 0 Å². The van der Waals surface area contributed by atoms with Gasteiger partial charge in [-0.05, 0) is 43.8 Å². The van der Waals surface area contributed by atoms with Crippen molar-refractivity contribution in [3.63, 3.8) is 0 Å². The topological polar surface area (TPSA) is 50.4 Å². The fourth-order valence-corrected chi connectivity index (χ4v) is 3.07. The molecule has 0 radical (unpaired) electrons. The minimum Gasteiger partial charge on any atom is -0.486 e. The van der Waals surface area contributed by atoms with E-state index >= 15 is 0 Å². The van der Waals surface area contributed by atoms with Gasteiger partial charge < -0.3 is 14.5 Å². The summed E-state index contributed by atoms with van der Waals surface area (Å²) in [5.41, 5.74) is 3.33. The zero-order valence-electron chi connectivity index (χ0n) is 14.0. The number of aryl methyl sites for hydroxylation is 1. The molecule has 1 atom stereocenters. The van der Waals surface area contributed by atoms with Crippen molar-refractivity contribution < 1.29 is 9.47 Å². The van der Waals surface area contributed by atoms with E-state index in [1.54, 1.807) is 0 Å². The molecule has 0 amide bonds. The van der Waals surface area contributed by atoms with Gasteiger partial charge in [-0.3, -0.25) is 4.90 Å². The van der Waals surface area contributed by atoms with Crippen LogP contribution in [0, 0.1) is 6.92 Å². The highest BCUT2D eigenvalue weighted by Crippen LogP contribution is 2.31. The lowest BCUT2D eigenvalue weighted by atomic mass is 10.2. The van der Waals surface area contributed by atoms with E-state index in [1.165, 1.54) is 5.56 Å². The van der Waals surface area contributed by atoms with E-state index in [0.717, 1.165) is 41.4 Å². The number of hydrogen-bond acceptors (Lipinski definition) is 4. The van der Waals surface area contributed by atoms with Crippen LogP contribution in [0.4, 0.5) is 0 Å². The lowest BCUT2D eigenvalue weighted by Gasteiger charge is -2.29. The van der Waals surface area contributed by atoms with Gasteiger partial charge in [-0.1, -0.05) is 18.2 Å². The Morgan fingerprint density at radius 1 is 1.21 bits per heavy atom. The number of imidazole rings is 1. The molecular formula is C19H21N3O2. The van der Waals surface area contributed by atoms with E-state index < -0.39 is 0 Å². The molecule has 2 heterocycles. The maximum Gasteiger partial charge on any atom is 0.161 e. The molecule has 1 N–H and O–H groups in total. The van der Waals surface area contributed by atoms with Crippen LogP contribution < -0.4 is 9.47 Å². The average molecular weight is 323 g/mol. The van der Waals surface area contributed by atoms with Crippen molar-refractivity contribution in [3.8, 4) is 11.5 Å². The van der Waals surface area contributed by atoms with Gasteiger partial charge in [-0.2, -0.15) is 0 Å². The van der Waals surface area contributed by atoms with Gasteiger partial charge in [0.15, 0.2) is 11.5 Å². The number of H-pyrrole nitrogens is 1. The lowest BCUT2D eigenvalue weighted by molar-refractivity contribution is 0.0633. The van der Waals surface area contributed by atoms with Crippen LogP contribution in [0.3, 0.4) is 0 Å². The van der Waals surface area contributed by atoms with Crippen LogP contribution >= 0.6 is 0 Å². The summed E-state index contributed by atoms with van der Waals surface area (Å²) >= 11 is 0. The molecule has 0 aliphatic carbocycles. The summed E-state index contributed by atoms with van der Waals surface area (Å²) in [5, 5.41) is 0. The van der Waals surface area contributed by atoms with Crippen molar-refractivity contribution in [3.05, 3.63) is 53.9 Å². The van der Waals surface area contributed by atoms with Crippen molar-refractivity contribution in [2.24, 2.45) is 0 Å². The molecule has 5 nitrogen and oxygen atoms in total. The third-order valence-electron chi connectivity index (χ3n) is 4.19. The Labute approximate surface area is 141 Å². The number of nitrogens with zero attached hydrogens (tertiary/aromatic N) is 2. The van der Waals surface area contributed by atoms with Gasteiger partial charge >= 0.3 is 0 Å². The number of fused-ring (bicyclic) bond motifs is 2. The second-order valence-electron chi connectivity index (χ2n) is 6.40. The number of aromatic amines is 1. The van der Waals surface area contributed by atoms with Gasteiger partial charge in [-0.15, -0.1) is 0 Å². The molecule has 124 valence electrons. The number of rotatable bonds is 4. The number of nitrogens with one attached hydrogen (secondary N) is 1. The predicted molar refractivity (Wildman–Crippen MR) is 93.5 cm³/mol. The molecule has 2 aromatic carbocycles. The number of benzene rings is 2. The first kappa shape index (κ1) is 15.0. The molecule has 5 heteroatoms. The zero-order valence-corrected chi connectivity index (χ0v) is 14.0. The van der Waals surface area contributed by atoms with Crippen LogP contribution in [0.15, 0.2) is 42.5 Å². The summed E-state index contributed by atoms with van der Waals surface area (Å²) in [4.78, 5) is 10.2. The monoisotopic (exact) mass is 323 g/mol. The van der Waals surface area contributed by atoms with Crippen LogP contribution in [0.5, 0.6) is 11.5 Å². The molecule has 0 unspecified atom stereocenters. The highest BCUT2D eigenvalue weighted by atomic mass is 16.6. The van der Waals surface area contributed by atoms with Crippen molar-refractivity contribution in [1.82, 2.24) is 14.9 Å². The Kier molecular flexibility index (Phi) is 3.86. The SMILES string of the molecule is Cc1ccc2nc(CN(C)C[C@@H]3COc4ccccc4O3)[nH]c2c1. The molecule has 1 aromatic heterocycles. The Balaban J connectivity index is 1.40. The summed E-state index contributed by atoms with van der Waals surface area (Å²) in [7, 11) is 2.07. The second-order valence-corrected chi connectivity index (χ2v) is 6.40. The van der Waals surface area contributed by atoms with Gasteiger partial charge in [-0.25, -0.2) is 4.98 Å². The summed E-state index contributed by atoms with van der Waals surface area (Å²) in [5.74, 6) is 2.61. The Hall–Kier alpha value is -2.53. The summed E-state index contributed by atoms with van der Waals surface area (Å²) < 4.78 is 11.8. The number of ether oxygens (including phenoxy) is 2. The third kappa shape index (κ3) is 3.08. The quantitative estimate of drug-likeness (QED) is 0.801. The predicted octanol–water partition coefficient (Wildman–Crippen LogP) is 3.14. The van der Waals surface area contributed by atoms with E-state index in [-0.39, 0.29) is 6.10 Å². The zero-order chi connectivity index (χ0) is 16.5. The highest BCUT2D eigenvalue weighted by molar-refractivity contribution is 5.75. The first-order chi connectivity index (χ1) is 11.7. The molecule has 3 aromatic rings. The minimum atomic E-state index is 0.0246. The van der Waals surface area contributed by atoms with Crippen LogP contribution in [-0.2, 0) is 6.54 Å². The molecule has 0 saturated heterocycles. The van der Waals surface area contributed by atoms with Crippen molar-refractivity contribution >= 4 is 11.0 Å². The van der Waals surface area contributed by atoms with Gasteiger partial charge in [0.1, 0.15) is 18.5 Å². The largest absolute Gasteiger partial charge is 0.486 e. The second kappa shape index (κ2) is 6.17. The van der Waals surface area contributed by atoms with E-state index in [9.17, 15) is 0 Å². The van der Waals surface area contributed by atoms with E-state index in [2.05, 4.69) is 47.0 Å². The van der Waals surface area contributed by atoms with Gasteiger partial charge in [0, 0.05) is 6.54 Å². The normalized spacial score (nSPS) is 16.7. The summed E-state index contributed by atoms with van der Waals surface area (Å²) in [6, 6.07) is 14.1. The van der Waals surface area contributed by atoms with Gasteiger partial charge in [0.05, 0.1) is 17.6 Å². The van der Waals surface area contributed by atoms with E-state index in [1.807, 2.05) is 24.3 Å². The van der Waals surface area contributed by atoms with Crippen molar-refractivity contribution in [1.29, 1.82) is 0 Å². The maximum atomic E-state index is 6.02. The lowest BCUT2D eigenvalue weighted by Crippen LogP contribution is -2.39. The van der Waals surface area contributed by atoms with Gasteiger partial charge in [0.2, 0.25) is 0 Å². The third-order valence-corrected chi connectivity index (χ3v) is 4.19. The van der Waals surface area contributed by atoms with E-state index in [0.29, 0.717) is 6.61 Å². The first-order valence-electron chi connectivity index (χ1n) is 8.19. The molecule has 1 aliphatic rings. The fourth-order valence-electron chi connectivity index (χ4n) is 3.07. The summed E-state index contributed by atoms with van der Waals surface area (Å²) in [6.45, 7) is 4.19. The molecule has 0 spiro atoms. The van der Waals surface area contributed by atoms with Crippen LogP contribution in [0.2, 0.25) is 0 Å². The van der Waals surface area contributed by atoms with Crippen LogP contribution in [0.1, 0.15) is 11.4 Å². The van der Waals surface area contributed by atoms with Crippen molar-refractivity contribution in [2.45, 2.75) is 19.6 Å². The fraction of sp³-hybridized carbons (Fsp3) is 0.316. The molecule has 24 heavy (non-hydrogen) atoms. The minimum absolute atomic E-state index is 0.0246. The maximum absolute atomic E-state index is 6.02. The number of likely N-dealkylation sites (N-methyl/N-ethyl adjacent to an activating group) is 1. The molecule has 4 rings (SSSR count). The van der Waals surface area contributed by atoms with Crippen LogP contribution in [-0.4, -0.2) is 41.2 Å². The first-order valence-corrected chi connectivity index (χ1v) is 8.19. The Bertz CT molecular complexity index is 859. The molecular weight excluding hydrogens is 302 g/mol. The summed E-state index contributed by atoms with van der Waals surface area (Å²) in [6.07, 6.45) is 0.0246. The van der Waals surface area contributed by atoms with E-state index in [4.69, 9.17) is 9.47 Å². The Morgan fingerprint density at radius 3 is 2.92 bits per heavy atom. The molecule has 0 saturated carbocycles. The Morgan fingerprint density at radius 2 is 2.04 bits per heavy atom. The van der Waals surface area contributed by atoms with Crippen LogP contribution in [0.25, 0.3) is 11.0 Å². The highest BCUT2D eigenvalue weighted by Gasteiger charge is 2.22. The number of para-hydroxylation sites is 2.